The van der Waals surface area contributed by atoms with E-state index in [4.69, 9.17) is 16.3 Å². The van der Waals surface area contributed by atoms with Gasteiger partial charge in [0.05, 0.1) is 16.5 Å². The third-order valence-corrected chi connectivity index (χ3v) is 6.06. The highest BCUT2D eigenvalue weighted by molar-refractivity contribution is 7.91. The smallest absolute Gasteiger partial charge is 0.252 e. The lowest BCUT2D eigenvalue weighted by molar-refractivity contribution is -0.0440. The van der Waals surface area contributed by atoms with Crippen LogP contribution in [0.4, 0.5) is 0 Å². The van der Waals surface area contributed by atoms with E-state index in [0.717, 1.165) is 11.3 Å². The van der Waals surface area contributed by atoms with E-state index in [9.17, 15) is 8.42 Å². The first-order chi connectivity index (χ1) is 7.89. The van der Waals surface area contributed by atoms with Gasteiger partial charge in [0.15, 0.2) is 0 Å². The zero-order valence-electron chi connectivity index (χ0n) is 9.59. The van der Waals surface area contributed by atoms with Gasteiger partial charge in [-0.05, 0) is 26.0 Å². The van der Waals surface area contributed by atoms with Crippen LogP contribution in [0.25, 0.3) is 0 Å². The zero-order chi connectivity index (χ0) is 12.6. The summed E-state index contributed by atoms with van der Waals surface area (Å²) in [5, 5.41) is 0. The van der Waals surface area contributed by atoms with E-state index in [2.05, 4.69) is 0 Å². The number of rotatable bonds is 2. The van der Waals surface area contributed by atoms with Crippen LogP contribution in [-0.2, 0) is 14.8 Å². The number of nitrogens with zero attached hydrogens (tertiary/aromatic N) is 1. The molecule has 0 unspecified atom stereocenters. The summed E-state index contributed by atoms with van der Waals surface area (Å²) in [6, 6.07) is 3.15. The van der Waals surface area contributed by atoms with E-state index >= 15 is 0 Å². The number of ether oxygens (including phenoxy) is 1. The molecule has 1 fully saturated rings. The highest BCUT2D eigenvalue weighted by Gasteiger charge is 2.32. The first-order valence-electron chi connectivity index (χ1n) is 5.30. The molecule has 2 rings (SSSR count). The Morgan fingerprint density at radius 1 is 1.35 bits per heavy atom. The van der Waals surface area contributed by atoms with Gasteiger partial charge in [0.2, 0.25) is 0 Å². The van der Waals surface area contributed by atoms with E-state index in [0.29, 0.717) is 21.6 Å². The molecule has 0 N–H and O–H groups in total. The Morgan fingerprint density at radius 2 is 1.94 bits per heavy atom. The molecule has 17 heavy (non-hydrogen) atoms. The largest absolute Gasteiger partial charge is 0.373 e. The topological polar surface area (TPSA) is 46.6 Å². The van der Waals surface area contributed by atoms with Crippen LogP contribution in [0.5, 0.6) is 0 Å². The predicted molar refractivity (Wildman–Crippen MR) is 68.1 cm³/mol. The number of hydrogen-bond donors (Lipinski definition) is 0. The van der Waals surface area contributed by atoms with Crippen LogP contribution in [0.2, 0.25) is 4.34 Å². The van der Waals surface area contributed by atoms with Crippen LogP contribution in [-0.4, -0.2) is 38.0 Å². The van der Waals surface area contributed by atoms with Crippen LogP contribution in [0, 0.1) is 0 Å². The number of sulfonamides is 1. The van der Waals surface area contributed by atoms with Crippen molar-refractivity contribution in [3.63, 3.8) is 0 Å². The van der Waals surface area contributed by atoms with Crippen molar-refractivity contribution in [2.45, 2.75) is 30.3 Å². The molecule has 7 heteroatoms. The third-order valence-electron chi connectivity index (χ3n) is 2.53. The highest BCUT2D eigenvalue weighted by Crippen LogP contribution is 2.29. The van der Waals surface area contributed by atoms with E-state index in [1.54, 1.807) is 12.1 Å². The van der Waals surface area contributed by atoms with Crippen molar-refractivity contribution in [3.8, 4) is 0 Å². The Labute approximate surface area is 110 Å². The third kappa shape index (κ3) is 2.82. The summed E-state index contributed by atoms with van der Waals surface area (Å²) >= 11 is 6.86. The van der Waals surface area contributed by atoms with Gasteiger partial charge in [-0.2, -0.15) is 4.31 Å². The molecule has 1 saturated heterocycles. The van der Waals surface area contributed by atoms with Crippen molar-refractivity contribution in [2.24, 2.45) is 0 Å². The second-order valence-electron chi connectivity index (χ2n) is 4.14. The highest BCUT2D eigenvalue weighted by atomic mass is 35.5. The summed E-state index contributed by atoms with van der Waals surface area (Å²) in [6.45, 7) is 4.53. The fraction of sp³-hybridized carbons (Fsp3) is 0.600. The lowest BCUT2D eigenvalue weighted by Crippen LogP contribution is -2.47. The first-order valence-corrected chi connectivity index (χ1v) is 7.94. The average Bonchev–Trinajstić information content (AvgIpc) is 2.64. The molecule has 0 aromatic carbocycles. The fourth-order valence-corrected chi connectivity index (χ4v) is 5.12. The van der Waals surface area contributed by atoms with Gasteiger partial charge in [-0.3, -0.25) is 0 Å². The number of halogens is 1. The Kier molecular flexibility index (Phi) is 3.80. The molecule has 0 saturated carbocycles. The van der Waals surface area contributed by atoms with Crippen molar-refractivity contribution in [3.05, 3.63) is 16.5 Å². The Morgan fingerprint density at radius 3 is 2.41 bits per heavy atom. The van der Waals surface area contributed by atoms with Gasteiger partial charge >= 0.3 is 0 Å². The van der Waals surface area contributed by atoms with Crippen LogP contribution < -0.4 is 0 Å². The van der Waals surface area contributed by atoms with Crippen molar-refractivity contribution in [1.29, 1.82) is 0 Å². The summed E-state index contributed by atoms with van der Waals surface area (Å²) in [4.78, 5) is 0. The summed E-state index contributed by atoms with van der Waals surface area (Å²) in [5.74, 6) is 0. The average molecular weight is 296 g/mol. The molecular weight excluding hydrogens is 282 g/mol. The maximum atomic E-state index is 12.3. The van der Waals surface area contributed by atoms with Crippen LogP contribution in [0.1, 0.15) is 13.8 Å². The molecule has 4 nitrogen and oxygen atoms in total. The molecule has 1 aromatic rings. The van der Waals surface area contributed by atoms with Gasteiger partial charge in [-0.15, -0.1) is 11.3 Å². The second kappa shape index (κ2) is 4.85. The minimum absolute atomic E-state index is 0.0797. The van der Waals surface area contributed by atoms with Gasteiger partial charge in [-0.1, -0.05) is 11.6 Å². The van der Waals surface area contributed by atoms with Gasteiger partial charge in [0.1, 0.15) is 4.21 Å². The maximum Gasteiger partial charge on any atom is 0.252 e. The number of thiophene rings is 1. The van der Waals surface area contributed by atoms with E-state index in [1.807, 2.05) is 13.8 Å². The molecule has 1 aromatic heterocycles. The Balaban J connectivity index is 2.26. The molecule has 0 radical (unpaired) electrons. The minimum Gasteiger partial charge on any atom is -0.373 e. The molecule has 0 spiro atoms. The van der Waals surface area contributed by atoms with E-state index < -0.39 is 10.0 Å². The molecule has 0 bridgehead atoms. The van der Waals surface area contributed by atoms with Crippen LogP contribution in [0.15, 0.2) is 16.3 Å². The van der Waals surface area contributed by atoms with Crippen LogP contribution in [0.3, 0.4) is 0 Å². The standard InChI is InChI=1S/C10H14ClNO3S2/c1-7-5-12(6-8(2)15-7)17(13,14)10-4-3-9(11)16-10/h3-4,7-8H,5-6H2,1-2H3/t7-,8-/m0/s1. The summed E-state index contributed by atoms with van der Waals surface area (Å²) in [7, 11) is -3.42. The maximum absolute atomic E-state index is 12.3. The summed E-state index contributed by atoms with van der Waals surface area (Å²) < 4.78 is 32.4. The van der Waals surface area contributed by atoms with Crippen molar-refractivity contribution in [1.82, 2.24) is 4.31 Å². The summed E-state index contributed by atoms with van der Waals surface area (Å²) in [5.41, 5.74) is 0. The lowest BCUT2D eigenvalue weighted by Gasteiger charge is -2.34. The normalized spacial score (nSPS) is 27.2. The summed E-state index contributed by atoms with van der Waals surface area (Å²) in [6.07, 6.45) is -0.159. The predicted octanol–water partition coefficient (Wildman–Crippen LogP) is 2.20. The van der Waals surface area contributed by atoms with Gasteiger partial charge in [0.25, 0.3) is 10.0 Å². The quantitative estimate of drug-likeness (QED) is 0.840. The molecule has 2 atom stereocenters. The molecule has 96 valence electrons. The van der Waals surface area contributed by atoms with Crippen LogP contribution >= 0.6 is 22.9 Å². The molecule has 1 aliphatic heterocycles. The lowest BCUT2D eigenvalue weighted by atomic mass is 10.3. The van der Waals surface area contributed by atoms with E-state index in [-0.39, 0.29) is 12.2 Å². The molecule has 0 aliphatic carbocycles. The molecule has 0 amide bonds. The monoisotopic (exact) mass is 295 g/mol. The van der Waals surface area contributed by atoms with Crippen molar-refractivity contribution < 1.29 is 13.2 Å². The molecule has 1 aliphatic rings. The van der Waals surface area contributed by atoms with Gasteiger partial charge in [-0.25, -0.2) is 8.42 Å². The SMILES string of the molecule is C[C@H]1CN(S(=O)(=O)c2ccc(Cl)s2)C[C@H](C)O1. The minimum atomic E-state index is -3.42. The van der Waals surface area contributed by atoms with E-state index in [1.165, 1.54) is 4.31 Å². The Hall–Kier alpha value is -0.140. The van der Waals surface area contributed by atoms with Gasteiger partial charge in [0, 0.05) is 13.1 Å². The molecular formula is C10H14ClNO3S2. The second-order valence-corrected chi connectivity index (χ2v) is 8.02. The fourth-order valence-electron chi connectivity index (χ4n) is 1.89. The zero-order valence-corrected chi connectivity index (χ0v) is 12.0. The first kappa shape index (κ1) is 13.3. The number of morpholine rings is 1. The molecule has 2 heterocycles. The Bertz CT molecular complexity index is 489. The number of hydrogen-bond acceptors (Lipinski definition) is 4. The van der Waals surface area contributed by atoms with Gasteiger partial charge < -0.3 is 4.74 Å². The van der Waals surface area contributed by atoms with Crippen molar-refractivity contribution >= 4 is 33.0 Å². The van der Waals surface area contributed by atoms with Crippen molar-refractivity contribution in [2.75, 3.05) is 13.1 Å².